The standard InChI is InChI=1S/C9H9NO2S/c1-2-13(11,12)9-5-3-4-8(6-9)7-10/h3-6H,2H2,1H3. The lowest BCUT2D eigenvalue weighted by Gasteiger charge is -1.99. The van der Waals surface area contributed by atoms with Crippen molar-refractivity contribution in [2.45, 2.75) is 11.8 Å². The van der Waals surface area contributed by atoms with E-state index in [4.69, 9.17) is 5.26 Å². The second-order valence-corrected chi connectivity index (χ2v) is 4.82. The van der Waals surface area contributed by atoms with Crippen LogP contribution >= 0.6 is 0 Å². The van der Waals surface area contributed by atoms with E-state index in [9.17, 15) is 8.42 Å². The van der Waals surface area contributed by atoms with E-state index in [0.29, 0.717) is 5.56 Å². The molecule has 0 aromatic heterocycles. The minimum Gasteiger partial charge on any atom is -0.224 e. The van der Waals surface area contributed by atoms with Gasteiger partial charge in [0.25, 0.3) is 0 Å². The molecule has 0 saturated carbocycles. The first kappa shape index (κ1) is 9.75. The van der Waals surface area contributed by atoms with Crippen molar-refractivity contribution in [1.82, 2.24) is 0 Å². The van der Waals surface area contributed by atoms with E-state index in [-0.39, 0.29) is 10.6 Å². The molecule has 4 heteroatoms. The summed E-state index contributed by atoms with van der Waals surface area (Å²) in [6.45, 7) is 1.58. The highest BCUT2D eigenvalue weighted by molar-refractivity contribution is 7.91. The molecule has 0 atom stereocenters. The summed E-state index contributed by atoms with van der Waals surface area (Å²) in [5.41, 5.74) is 0.370. The number of nitriles is 1. The monoisotopic (exact) mass is 195 g/mol. The first-order valence-electron chi connectivity index (χ1n) is 3.83. The molecule has 1 aromatic carbocycles. The molecule has 0 amide bonds. The fourth-order valence-electron chi connectivity index (χ4n) is 0.926. The van der Waals surface area contributed by atoms with E-state index >= 15 is 0 Å². The van der Waals surface area contributed by atoms with Crippen LogP contribution in [0.1, 0.15) is 12.5 Å². The Hall–Kier alpha value is -1.34. The van der Waals surface area contributed by atoms with Crippen LogP contribution in [-0.2, 0) is 9.84 Å². The molecule has 0 unspecified atom stereocenters. The minimum absolute atomic E-state index is 0.0574. The van der Waals surface area contributed by atoms with Crippen molar-refractivity contribution in [3.05, 3.63) is 29.8 Å². The molecular weight excluding hydrogens is 186 g/mol. The lowest BCUT2D eigenvalue weighted by Crippen LogP contribution is -2.03. The van der Waals surface area contributed by atoms with Crippen molar-refractivity contribution in [1.29, 1.82) is 5.26 Å². The van der Waals surface area contributed by atoms with Gasteiger partial charge in [0.05, 0.1) is 22.3 Å². The van der Waals surface area contributed by atoms with Gasteiger partial charge in [-0.25, -0.2) is 8.42 Å². The van der Waals surface area contributed by atoms with E-state index in [1.54, 1.807) is 19.1 Å². The summed E-state index contributed by atoms with van der Waals surface area (Å²) in [5, 5.41) is 8.56. The average molecular weight is 195 g/mol. The van der Waals surface area contributed by atoms with E-state index < -0.39 is 9.84 Å². The first-order valence-corrected chi connectivity index (χ1v) is 5.48. The quantitative estimate of drug-likeness (QED) is 0.715. The Labute approximate surface area is 77.5 Å². The molecule has 3 nitrogen and oxygen atoms in total. The van der Waals surface area contributed by atoms with Crippen LogP contribution in [0.5, 0.6) is 0 Å². The zero-order valence-corrected chi connectivity index (χ0v) is 8.00. The largest absolute Gasteiger partial charge is 0.224 e. The van der Waals surface area contributed by atoms with Crippen molar-refractivity contribution in [2.75, 3.05) is 5.75 Å². The summed E-state index contributed by atoms with van der Waals surface area (Å²) in [4.78, 5) is 0.217. The van der Waals surface area contributed by atoms with E-state index in [2.05, 4.69) is 0 Å². The third kappa shape index (κ3) is 2.07. The van der Waals surface area contributed by atoms with Crippen LogP contribution in [-0.4, -0.2) is 14.2 Å². The molecule has 0 bridgehead atoms. The van der Waals surface area contributed by atoms with Crippen LogP contribution in [0.4, 0.5) is 0 Å². The van der Waals surface area contributed by atoms with Crippen LogP contribution in [0.15, 0.2) is 29.2 Å². The van der Waals surface area contributed by atoms with Gasteiger partial charge in [0.2, 0.25) is 0 Å². The number of rotatable bonds is 2. The van der Waals surface area contributed by atoms with Gasteiger partial charge in [0.1, 0.15) is 0 Å². The summed E-state index contributed by atoms with van der Waals surface area (Å²) in [6, 6.07) is 7.94. The zero-order chi connectivity index (χ0) is 9.90. The average Bonchev–Trinajstić information content (AvgIpc) is 2.18. The molecular formula is C9H9NO2S. The number of benzene rings is 1. The van der Waals surface area contributed by atoms with E-state index in [1.165, 1.54) is 12.1 Å². The minimum atomic E-state index is -3.18. The highest BCUT2D eigenvalue weighted by Crippen LogP contribution is 2.12. The summed E-state index contributed by atoms with van der Waals surface area (Å²) in [7, 11) is -3.18. The fraction of sp³-hybridized carbons (Fsp3) is 0.222. The number of hydrogen-bond acceptors (Lipinski definition) is 3. The Bertz CT molecular complexity index is 443. The Morgan fingerprint density at radius 3 is 2.69 bits per heavy atom. The molecule has 0 aliphatic heterocycles. The molecule has 0 fully saturated rings. The van der Waals surface area contributed by atoms with Gasteiger partial charge in [-0.2, -0.15) is 5.26 Å². The van der Waals surface area contributed by atoms with Crippen LogP contribution in [0.2, 0.25) is 0 Å². The Morgan fingerprint density at radius 1 is 1.46 bits per heavy atom. The SMILES string of the molecule is CCS(=O)(=O)c1cccc(C#N)c1. The molecule has 0 N–H and O–H groups in total. The molecule has 1 aromatic rings. The maximum Gasteiger partial charge on any atom is 0.178 e. The third-order valence-electron chi connectivity index (χ3n) is 1.70. The molecule has 68 valence electrons. The van der Waals surface area contributed by atoms with E-state index in [1.807, 2.05) is 6.07 Å². The Balaban J connectivity index is 3.27. The highest BCUT2D eigenvalue weighted by atomic mass is 32.2. The fourth-order valence-corrected chi connectivity index (χ4v) is 1.85. The Morgan fingerprint density at radius 2 is 2.15 bits per heavy atom. The van der Waals surface area contributed by atoms with Crippen molar-refractivity contribution in [3.8, 4) is 6.07 Å². The Kier molecular flexibility index (Phi) is 2.69. The summed E-state index contributed by atoms with van der Waals surface area (Å²) in [6.07, 6.45) is 0. The van der Waals surface area contributed by atoms with E-state index in [0.717, 1.165) is 0 Å². The normalized spacial score (nSPS) is 10.8. The third-order valence-corrected chi connectivity index (χ3v) is 3.43. The molecule has 0 saturated heterocycles. The van der Waals surface area contributed by atoms with Gasteiger partial charge in [-0.15, -0.1) is 0 Å². The van der Waals surface area contributed by atoms with Gasteiger partial charge >= 0.3 is 0 Å². The maximum absolute atomic E-state index is 11.4. The number of hydrogen-bond donors (Lipinski definition) is 0. The van der Waals surface area contributed by atoms with Crippen molar-refractivity contribution < 1.29 is 8.42 Å². The van der Waals surface area contributed by atoms with Gasteiger partial charge in [-0.05, 0) is 18.2 Å². The maximum atomic E-state index is 11.4. The zero-order valence-electron chi connectivity index (χ0n) is 7.19. The van der Waals surface area contributed by atoms with Crippen LogP contribution in [0, 0.1) is 11.3 Å². The van der Waals surface area contributed by atoms with Crippen molar-refractivity contribution >= 4 is 9.84 Å². The molecule has 0 aliphatic carbocycles. The summed E-state index contributed by atoms with van der Waals surface area (Å²) >= 11 is 0. The highest BCUT2D eigenvalue weighted by Gasteiger charge is 2.10. The number of sulfone groups is 1. The van der Waals surface area contributed by atoms with Gasteiger partial charge < -0.3 is 0 Å². The van der Waals surface area contributed by atoms with Gasteiger partial charge in [-0.3, -0.25) is 0 Å². The van der Waals surface area contributed by atoms with Gasteiger partial charge in [-0.1, -0.05) is 13.0 Å². The van der Waals surface area contributed by atoms with Crippen LogP contribution in [0.3, 0.4) is 0 Å². The molecule has 13 heavy (non-hydrogen) atoms. The van der Waals surface area contributed by atoms with Crippen LogP contribution in [0.25, 0.3) is 0 Å². The van der Waals surface area contributed by atoms with Crippen molar-refractivity contribution in [3.63, 3.8) is 0 Å². The van der Waals surface area contributed by atoms with Gasteiger partial charge in [0, 0.05) is 0 Å². The second-order valence-electron chi connectivity index (χ2n) is 2.54. The first-order chi connectivity index (χ1) is 6.10. The smallest absolute Gasteiger partial charge is 0.178 e. The lowest BCUT2D eigenvalue weighted by atomic mass is 10.2. The topological polar surface area (TPSA) is 57.9 Å². The summed E-state index contributed by atoms with van der Waals surface area (Å²) in [5.74, 6) is 0.0574. The predicted octanol–water partition coefficient (Wildman–Crippen LogP) is 1.35. The van der Waals surface area contributed by atoms with Crippen molar-refractivity contribution in [2.24, 2.45) is 0 Å². The van der Waals surface area contributed by atoms with Crippen LogP contribution < -0.4 is 0 Å². The molecule has 0 aliphatic rings. The number of nitrogens with zero attached hydrogens (tertiary/aromatic N) is 1. The second kappa shape index (κ2) is 3.58. The molecule has 0 radical (unpaired) electrons. The molecule has 0 spiro atoms. The van der Waals surface area contributed by atoms with Gasteiger partial charge in [0.15, 0.2) is 9.84 Å². The molecule has 0 heterocycles. The predicted molar refractivity (Wildman–Crippen MR) is 48.9 cm³/mol. The summed E-state index contributed by atoms with van der Waals surface area (Å²) < 4.78 is 22.7. The molecule has 1 rings (SSSR count). The lowest BCUT2D eigenvalue weighted by molar-refractivity contribution is 0.597.